The molecule has 1 heterocycles. The zero-order valence-corrected chi connectivity index (χ0v) is 11.1. The second-order valence-corrected chi connectivity index (χ2v) is 5.24. The summed E-state index contributed by atoms with van der Waals surface area (Å²) in [6.07, 6.45) is 0.134. The minimum Gasteiger partial charge on any atom is -0.374 e. The van der Waals surface area contributed by atoms with E-state index in [0.29, 0.717) is 5.02 Å². The number of ether oxygens (including phenoxy) is 1. The van der Waals surface area contributed by atoms with E-state index in [1.54, 1.807) is 24.3 Å². The summed E-state index contributed by atoms with van der Waals surface area (Å²) in [5, 5.41) is 0.652. The molecule has 0 aromatic heterocycles. The third-order valence-electron chi connectivity index (χ3n) is 3.67. The first-order chi connectivity index (χ1) is 8.00. The lowest BCUT2D eigenvalue weighted by atomic mass is 9.83. The molecule has 0 radical (unpaired) electrons. The summed E-state index contributed by atoms with van der Waals surface area (Å²) >= 11 is 5.82. The molecule has 1 aromatic rings. The Balaban J connectivity index is 2.23. The van der Waals surface area contributed by atoms with Gasteiger partial charge >= 0.3 is 0 Å². The Kier molecular flexibility index (Phi) is 3.55. The highest BCUT2D eigenvalue weighted by Crippen LogP contribution is 2.34. The standard InChI is InChI=1S/C14H17ClO2/c1-8-9(2)17-10(3)13(8)14(16)11-4-6-12(15)7-5-11/h4-10,13H,1-3H3. The SMILES string of the molecule is CC1OC(C)C(C(=O)c2ccc(Cl)cc2)C1C. The molecule has 0 amide bonds. The number of ketones is 1. The second-order valence-electron chi connectivity index (χ2n) is 4.80. The second kappa shape index (κ2) is 4.79. The van der Waals surface area contributed by atoms with Gasteiger partial charge in [-0.3, -0.25) is 4.79 Å². The molecule has 1 fully saturated rings. The molecule has 3 heteroatoms. The van der Waals surface area contributed by atoms with Crippen molar-refractivity contribution in [1.29, 1.82) is 0 Å². The highest BCUT2D eigenvalue weighted by atomic mass is 35.5. The molecular formula is C14H17ClO2. The van der Waals surface area contributed by atoms with Gasteiger partial charge in [0.2, 0.25) is 0 Å². The monoisotopic (exact) mass is 252 g/mol. The lowest BCUT2D eigenvalue weighted by Gasteiger charge is -2.17. The van der Waals surface area contributed by atoms with Crippen LogP contribution in [0.15, 0.2) is 24.3 Å². The average Bonchev–Trinajstić information content (AvgIpc) is 2.53. The summed E-state index contributed by atoms with van der Waals surface area (Å²) in [6, 6.07) is 7.08. The third kappa shape index (κ3) is 2.38. The molecular weight excluding hydrogens is 236 g/mol. The highest BCUT2D eigenvalue weighted by molar-refractivity contribution is 6.30. The van der Waals surface area contributed by atoms with Crippen molar-refractivity contribution in [3.8, 4) is 0 Å². The summed E-state index contributed by atoms with van der Waals surface area (Å²) in [4.78, 5) is 12.4. The van der Waals surface area contributed by atoms with Gasteiger partial charge in [0.05, 0.1) is 18.1 Å². The Hall–Kier alpha value is -0.860. The summed E-state index contributed by atoms with van der Waals surface area (Å²) < 4.78 is 5.71. The van der Waals surface area contributed by atoms with Crippen molar-refractivity contribution in [2.24, 2.45) is 11.8 Å². The van der Waals surface area contributed by atoms with Gasteiger partial charge in [0, 0.05) is 10.6 Å². The summed E-state index contributed by atoms with van der Waals surface area (Å²) in [6.45, 7) is 6.07. The predicted octanol–water partition coefficient (Wildman–Crippen LogP) is 3.58. The van der Waals surface area contributed by atoms with E-state index in [2.05, 4.69) is 6.92 Å². The fourth-order valence-corrected chi connectivity index (χ4v) is 2.65. The summed E-state index contributed by atoms with van der Waals surface area (Å²) in [5.74, 6) is 0.366. The first-order valence-electron chi connectivity index (χ1n) is 5.96. The molecule has 0 spiro atoms. The van der Waals surface area contributed by atoms with Crippen LogP contribution in [0.4, 0.5) is 0 Å². The highest BCUT2D eigenvalue weighted by Gasteiger charge is 2.41. The number of benzene rings is 1. The lowest BCUT2D eigenvalue weighted by molar-refractivity contribution is 0.0491. The third-order valence-corrected chi connectivity index (χ3v) is 3.93. The fourth-order valence-electron chi connectivity index (χ4n) is 2.53. The average molecular weight is 253 g/mol. The lowest BCUT2D eigenvalue weighted by Crippen LogP contribution is -2.26. The van der Waals surface area contributed by atoms with Crippen molar-refractivity contribution >= 4 is 17.4 Å². The largest absolute Gasteiger partial charge is 0.374 e. The number of carbonyl (C=O) groups is 1. The van der Waals surface area contributed by atoms with Gasteiger partial charge in [-0.25, -0.2) is 0 Å². The van der Waals surface area contributed by atoms with E-state index in [4.69, 9.17) is 16.3 Å². The van der Waals surface area contributed by atoms with Crippen molar-refractivity contribution in [3.05, 3.63) is 34.9 Å². The Bertz CT molecular complexity index is 413. The van der Waals surface area contributed by atoms with Crippen molar-refractivity contribution in [1.82, 2.24) is 0 Å². The predicted molar refractivity (Wildman–Crippen MR) is 68.4 cm³/mol. The minimum absolute atomic E-state index is 0.0109. The van der Waals surface area contributed by atoms with E-state index in [1.165, 1.54) is 0 Å². The first kappa shape index (κ1) is 12.6. The van der Waals surface area contributed by atoms with Crippen LogP contribution in [0.5, 0.6) is 0 Å². The van der Waals surface area contributed by atoms with E-state index in [-0.39, 0.29) is 29.8 Å². The van der Waals surface area contributed by atoms with E-state index in [9.17, 15) is 4.79 Å². The van der Waals surface area contributed by atoms with Gasteiger partial charge in [-0.05, 0) is 44.0 Å². The smallest absolute Gasteiger partial charge is 0.168 e. The van der Waals surface area contributed by atoms with Crippen molar-refractivity contribution in [2.45, 2.75) is 33.0 Å². The minimum atomic E-state index is -0.0498. The first-order valence-corrected chi connectivity index (χ1v) is 6.33. The van der Waals surface area contributed by atoms with Gasteiger partial charge in [0.15, 0.2) is 5.78 Å². The van der Waals surface area contributed by atoms with E-state index in [0.717, 1.165) is 5.56 Å². The maximum absolute atomic E-state index is 12.4. The maximum atomic E-state index is 12.4. The molecule has 0 saturated carbocycles. The molecule has 1 saturated heterocycles. The van der Waals surface area contributed by atoms with E-state index >= 15 is 0 Å². The van der Waals surface area contributed by atoms with Gasteiger partial charge in [0.1, 0.15) is 0 Å². The Morgan fingerprint density at radius 1 is 1.12 bits per heavy atom. The molecule has 1 aliphatic heterocycles. The number of Topliss-reactive ketones (excluding diaryl/α,β-unsaturated/α-hetero) is 1. The van der Waals surface area contributed by atoms with Crippen LogP contribution in [0.1, 0.15) is 31.1 Å². The molecule has 17 heavy (non-hydrogen) atoms. The van der Waals surface area contributed by atoms with Gasteiger partial charge in [-0.15, -0.1) is 0 Å². The van der Waals surface area contributed by atoms with E-state index in [1.807, 2.05) is 13.8 Å². The van der Waals surface area contributed by atoms with E-state index < -0.39 is 0 Å². The Morgan fingerprint density at radius 2 is 1.71 bits per heavy atom. The maximum Gasteiger partial charge on any atom is 0.168 e. The number of halogens is 1. The molecule has 0 aliphatic carbocycles. The molecule has 4 unspecified atom stereocenters. The molecule has 0 N–H and O–H groups in total. The zero-order valence-electron chi connectivity index (χ0n) is 10.3. The molecule has 2 nitrogen and oxygen atoms in total. The zero-order chi connectivity index (χ0) is 12.6. The normalized spacial score (nSPS) is 32.7. The van der Waals surface area contributed by atoms with Crippen molar-refractivity contribution in [2.75, 3.05) is 0 Å². The molecule has 2 rings (SSSR count). The summed E-state index contributed by atoms with van der Waals surface area (Å²) in [5.41, 5.74) is 0.718. The number of hydrogen-bond donors (Lipinski definition) is 0. The molecule has 0 bridgehead atoms. The van der Waals surface area contributed by atoms with Crippen molar-refractivity contribution < 1.29 is 9.53 Å². The fraction of sp³-hybridized carbons (Fsp3) is 0.500. The van der Waals surface area contributed by atoms with Crippen LogP contribution < -0.4 is 0 Å². The van der Waals surface area contributed by atoms with Gasteiger partial charge in [0.25, 0.3) is 0 Å². The number of carbonyl (C=O) groups excluding carboxylic acids is 1. The van der Waals surface area contributed by atoms with Crippen LogP contribution in [0.2, 0.25) is 5.02 Å². The van der Waals surface area contributed by atoms with Gasteiger partial charge in [-0.1, -0.05) is 18.5 Å². The molecule has 92 valence electrons. The van der Waals surface area contributed by atoms with Crippen LogP contribution >= 0.6 is 11.6 Å². The van der Waals surface area contributed by atoms with Crippen LogP contribution in [-0.2, 0) is 4.74 Å². The van der Waals surface area contributed by atoms with Gasteiger partial charge < -0.3 is 4.74 Å². The van der Waals surface area contributed by atoms with Crippen LogP contribution in [0.25, 0.3) is 0 Å². The number of hydrogen-bond acceptors (Lipinski definition) is 2. The van der Waals surface area contributed by atoms with Crippen LogP contribution in [0, 0.1) is 11.8 Å². The summed E-state index contributed by atoms with van der Waals surface area (Å²) in [7, 11) is 0. The van der Waals surface area contributed by atoms with Crippen LogP contribution in [0.3, 0.4) is 0 Å². The van der Waals surface area contributed by atoms with Crippen molar-refractivity contribution in [3.63, 3.8) is 0 Å². The van der Waals surface area contributed by atoms with Crippen LogP contribution in [-0.4, -0.2) is 18.0 Å². The number of rotatable bonds is 2. The molecule has 1 aromatic carbocycles. The Morgan fingerprint density at radius 3 is 2.18 bits per heavy atom. The quantitative estimate of drug-likeness (QED) is 0.752. The molecule has 1 aliphatic rings. The molecule has 4 atom stereocenters. The van der Waals surface area contributed by atoms with Gasteiger partial charge in [-0.2, -0.15) is 0 Å². The Labute approximate surface area is 107 Å². The topological polar surface area (TPSA) is 26.3 Å².